The van der Waals surface area contributed by atoms with Crippen LogP contribution in [-0.2, 0) is 19.0 Å². The molecule has 5 heteroatoms. The second kappa shape index (κ2) is 4.51. The number of rotatable bonds is 3. The zero-order chi connectivity index (χ0) is 11.6. The number of carbonyl (C=O) groups is 1. The minimum Gasteiger partial charge on any atom is -0.494 e. The lowest BCUT2D eigenvalue weighted by Crippen LogP contribution is -2.47. The van der Waals surface area contributed by atoms with Crippen LogP contribution >= 0.6 is 11.6 Å². The Balaban J connectivity index is 3.28. The van der Waals surface area contributed by atoms with E-state index in [1.165, 1.54) is 21.3 Å². The molecule has 1 atom stereocenters. The Morgan fingerprint density at radius 2 is 1.87 bits per heavy atom. The van der Waals surface area contributed by atoms with Crippen molar-refractivity contribution >= 4 is 17.4 Å². The van der Waals surface area contributed by atoms with E-state index in [0.717, 1.165) is 0 Å². The second-order valence-electron chi connectivity index (χ2n) is 3.45. The predicted octanol–water partition coefficient (Wildman–Crippen LogP) is 1.68. The third kappa shape index (κ3) is 1.77. The molecule has 1 rings (SSSR count). The molecule has 0 saturated carbocycles. The van der Waals surface area contributed by atoms with Crippen LogP contribution in [0.15, 0.2) is 10.8 Å². The van der Waals surface area contributed by atoms with E-state index in [2.05, 4.69) is 0 Å². The molecule has 0 aliphatic heterocycles. The molecule has 0 amide bonds. The molecule has 0 saturated heterocycles. The Morgan fingerprint density at radius 3 is 2.27 bits per heavy atom. The largest absolute Gasteiger partial charge is 0.494 e. The average molecular weight is 235 g/mol. The van der Waals surface area contributed by atoms with E-state index >= 15 is 0 Å². The summed E-state index contributed by atoms with van der Waals surface area (Å²) in [6.07, 6.45) is 0.285. The van der Waals surface area contributed by atoms with Gasteiger partial charge in [0, 0.05) is 26.6 Å². The van der Waals surface area contributed by atoms with Gasteiger partial charge in [-0.3, -0.25) is 4.79 Å². The normalized spacial score (nSPS) is 25.7. The first-order chi connectivity index (χ1) is 7.03. The van der Waals surface area contributed by atoms with E-state index in [-0.39, 0.29) is 28.9 Å². The lowest BCUT2D eigenvalue weighted by atomic mass is 9.87. The molecule has 4 nitrogen and oxygen atoms in total. The Hall–Kier alpha value is -0.580. The van der Waals surface area contributed by atoms with E-state index in [1.54, 1.807) is 0 Å². The number of carbonyl (C=O) groups excluding carboxylic acids is 1. The minimum absolute atomic E-state index is 0.0549. The van der Waals surface area contributed by atoms with Gasteiger partial charge in [-0.15, -0.1) is 0 Å². The molecule has 0 unspecified atom stereocenters. The SMILES string of the molecule is COC1=C(Cl)C(=O)C[C@H](C)C1(OC)OC. The molecule has 1 aliphatic rings. The van der Waals surface area contributed by atoms with Gasteiger partial charge in [-0.05, 0) is 0 Å². The van der Waals surface area contributed by atoms with E-state index in [4.69, 9.17) is 25.8 Å². The molecular weight excluding hydrogens is 220 g/mol. The molecule has 0 spiro atoms. The van der Waals surface area contributed by atoms with Gasteiger partial charge in [0.25, 0.3) is 0 Å². The van der Waals surface area contributed by atoms with Crippen LogP contribution in [0.4, 0.5) is 0 Å². The molecule has 86 valence electrons. The Kier molecular flexibility index (Phi) is 3.76. The molecular formula is C10H15ClO4. The summed E-state index contributed by atoms with van der Waals surface area (Å²) in [6.45, 7) is 1.85. The first-order valence-electron chi connectivity index (χ1n) is 4.61. The van der Waals surface area contributed by atoms with Crippen molar-refractivity contribution in [1.82, 2.24) is 0 Å². The monoisotopic (exact) mass is 234 g/mol. The highest BCUT2D eigenvalue weighted by molar-refractivity contribution is 6.43. The minimum atomic E-state index is -1.06. The number of hydrogen-bond acceptors (Lipinski definition) is 4. The van der Waals surface area contributed by atoms with Crippen LogP contribution in [0.5, 0.6) is 0 Å². The number of hydrogen-bond donors (Lipinski definition) is 0. The summed E-state index contributed by atoms with van der Waals surface area (Å²) in [4.78, 5) is 11.5. The summed E-state index contributed by atoms with van der Waals surface area (Å²) in [7, 11) is 4.44. The summed E-state index contributed by atoms with van der Waals surface area (Å²) >= 11 is 5.89. The van der Waals surface area contributed by atoms with Gasteiger partial charge in [0.15, 0.2) is 11.5 Å². The molecule has 0 fully saturated rings. The summed E-state index contributed by atoms with van der Waals surface area (Å²) in [6, 6.07) is 0. The molecule has 0 heterocycles. The number of halogens is 1. The fourth-order valence-electron chi connectivity index (χ4n) is 1.91. The highest BCUT2D eigenvalue weighted by Crippen LogP contribution is 2.41. The van der Waals surface area contributed by atoms with Crippen molar-refractivity contribution in [3.05, 3.63) is 10.8 Å². The molecule has 0 aromatic carbocycles. The quantitative estimate of drug-likeness (QED) is 0.697. The zero-order valence-electron chi connectivity index (χ0n) is 9.30. The number of methoxy groups -OCH3 is 3. The van der Waals surface area contributed by atoms with E-state index in [9.17, 15) is 4.79 Å². The maximum Gasteiger partial charge on any atom is 0.231 e. The van der Waals surface area contributed by atoms with E-state index < -0.39 is 5.79 Å². The van der Waals surface area contributed by atoms with Gasteiger partial charge in [0.1, 0.15) is 5.03 Å². The summed E-state index contributed by atoms with van der Waals surface area (Å²) in [5.74, 6) is -1.10. The number of Topliss-reactive ketones (excluding diaryl/α,β-unsaturated/α-hetero) is 1. The molecule has 0 N–H and O–H groups in total. The standard InChI is InChI=1S/C10H15ClO4/c1-6-5-7(12)8(11)9(13-2)10(6,14-3)15-4/h6H,5H2,1-4H3/t6-/m0/s1. The van der Waals surface area contributed by atoms with Crippen molar-refractivity contribution in [2.24, 2.45) is 5.92 Å². The number of allylic oxidation sites excluding steroid dienone is 1. The molecule has 0 bridgehead atoms. The lowest BCUT2D eigenvalue weighted by Gasteiger charge is -2.39. The van der Waals surface area contributed by atoms with Crippen LogP contribution in [0.2, 0.25) is 0 Å². The smallest absolute Gasteiger partial charge is 0.231 e. The number of ketones is 1. The lowest BCUT2D eigenvalue weighted by molar-refractivity contribution is -0.233. The third-order valence-corrected chi connectivity index (χ3v) is 3.09. The van der Waals surface area contributed by atoms with Gasteiger partial charge >= 0.3 is 0 Å². The van der Waals surface area contributed by atoms with Crippen LogP contribution < -0.4 is 0 Å². The fourth-order valence-corrected chi connectivity index (χ4v) is 2.19. The highest BCUT2D eigenvalue weighted by Gasteiger charge is 2.49. The van der Waals surface area contributed by atoms with E-state index in [1.807, 2.05) is 6.92 Å². The summed E-state index contributed by atoms with van der Waals surface area (Å²) in [5, 5.41) is 0.0549. The fraction of sp³-hybridized carbons (Fsp3) is 0.700. The molecule has 0 aromatic heterocycles. The van der Waals surface area contributed by atoms with Gasteiger partial charge in [-0.1, -0.05) is 18.5 Å². The Morgan fingerprint density at radius 1 is 1.33 bits per heavy atom. The second-order valence-corrected chi connectivity index (χ2v) is 3.83. The molecule has 0 radical (unpaired) electrons. The zero-order valence-corrected chi connectivity index (χ0v) is 10.1. The molecule has 15 heavy (non-hydrogen) atoms. The first kappa shape index (κ1) is 12.5. The molecule has 1 aliphatic carbocycles. The Labute approximate surface area is 94.1 Å². The van der Waals surface area contributed by atoms with Crippen LogP contribution in [0.25, 0.3) is 0 Å². The van der Waals surface area contributed by atoms with Gasteiger partial charge in [0.2, 0.25) is 5.79 Å². The maximum atomic E-state index is 11.5. The topological polar surface area (TPSA) is 44.8 Å². The van der Waals surface area contributed by atoms with Gasteiger partial charge in [0.05, 0.1) is 7.11 Å². The average Bonchev–Trinajstić information content (AvgIpc) is 2.23. The van der Waals surface area contributed by atoms with Crippen molar-refractivity contribution in [2.75, 3.05) is 21.3 Å². The Bertz CT molecular complexity index is 294. The molecule has 0 aromatic rings. The maximum absolute atomic E-state index is 11.5. The van der Waals surface area contributed by atoms with Gasteiger partial charge in [-0.2, -0.15) is 0 Å². The van der Waals surface area contributed by atoms with Crippen LogP contribution in [0.3, 0.4) is 0 Å². The van der Waals surface area contributed by atoms with Crippen LogP contribution in [0, 0.1) is 5.92 Å². The predicted molar refractivity (Wildman–Crippen MR) is 55.4 cm³/mol. The van der Waals surface area contributed by atoms with Crippen LogP contribution in [-0.4, -0.2) is 32.9 Å². The van der Waals surface area contributed by atoms with Crippen molar-refractivity contribution in [3.63, 3.8) is 0 Å². The van der Waals surface area contributed by atoms with E-state index in [0.29, 0.717) is 0 Å². The summed E-state index contributed by atoms with van der Waals surface area (Å²) in [5.41, 5.74) is 0. The number of ether oxygens (including phenoxy) is 3. The van der Waals surface area contributed by atoms with Gasteiger partial charge in [-0.25, -0.2) is 0 Å². The van der Waals surface area contributed by atoms with Crippen LogP contribution in [0.1, 0.15) is 13.3 Å². The van der Waals surface area contributed by atoms with Crippen molar-refractivity contribution in [3.8, 4) is 0 Å². The van der Waals surface area contributed by atoms with Crippen molar-refractivity contribution < 1.29 is 19.0 Å². The third-order valence-electron chi connectivity index (χ3n) is 2.71. The van der Waals surface area contributed by atoms with Crippen molar-refractivity contribution in [2.45, 2.75) is 19.1 Å². The summed E-state index contributed by atoms with van der Waals surface area (Å²) < 4.78 is 15.8. The van der Waals surface area contributed by atoms with Gasteiger partial charge < -0.3 is 14.2 Å². The highest BCUT2D eigenvalue weighted by atomic mass is 35.5. The first-order valence-corrected chi connectivity index (χ1v) is 4.99. The van der Waals surface area contributed by atoms with Crippen molar-refractivity contribution in [1.29, 1.82) is 0 Å².